The van der Waals surface area contributed by atoms with Crippen LogP contribution in [0.4, 0.5) is 0 Å². The van der Waals surface area contributed by atoms with Gasteiger partial charge in [-0.15, -0.1) is 0 Å². The second kappa shape index (κ2) is 15.2. The molecule has 2 radical (unpaired) electrons. The average molecular weight is 467 g/mol. The van der Waals surface area contributed by atoms with E-state index in [9.17, 15) is 0 Å². The van der Waals surface area contributed by atoms with Gasteiger partial charge in [0.25, 0.3) is 0 Å². The van der Waals surface area contributed by atoms with E-state index in [1.165, 1.54) is 51.4 Å². The monoisotopic (exact) mass is 467 g/mol. The molecule has 0 amide bonds. The average Bonchev–Trinajstić information content (AvgIpc) is 2.45. The fourth-order valence-electron chi connectivity index (χ4n) is 2.11. The van der Waals surface area contributed by atoms with Gasteiger partial charge in [-0.1, -0.05) is 0 Å². The van der Waals surface area contributed by atoms with Gasteiger partial charge in [-0.05, 0) is 0 Å². The Morgan fingerprint density at radius 2 is 1.16 bits per heavy atom. The van der Waals surface area contributed by atoms with Crippen LogP contribution >= 0.6 is 0 Å². The van der Waals surface area contributed by atoms with Gasteiger partial charge in [0, 0.05) is 0 Å². The first-order valence-electron chi connectivity index (χ1n) is 8.22. The first kappa shape index (κ1) is 19.8. The molecule has 19 heavy (non-hydrogen) atoms. The molecule has 2 nitrogen and oxygen atoms in total. The first-order valence-corrected chi connectivity index (χ1v) is 11.1. The predicted octanol–water partition coefficient (Wildman–Crippen LogP) is 4.99. The summed E-state index contributed by atoms with van der Waals surface area (Å²) in [4.78, 5) is 0. The van der Waals surface area contributed by atoms with Crippen molar-refractivity contribution in [3.05, 3.63) is 0 Å². The van der Waals surface area contributed by atoms with Crippen molar-refractivity contribution in [2.45, 2.75) is 79.1 Å². The molecule has 114 valence electrons. The second-order valence-corrected chi connectivity index (χ2v) is 8.09. The summed E-state index contributed by atoms with van der Waals surface area (Å²) in [5.74, 6) is 1.52. The molecule has 0 saturated carbocycles. The Morgan fingerprint density at radius 3 is 1.47 bits per heavy atom. The van der Waals surface area contributed by atoms with E-state index >= 15 is 0 Å². The Kier molecular flexibility index (Phi) is 15.8. The van der Waals surface area contributed by atoms with Gasteiger partial charge in [-0.25, -0.2) is 0 Å². The van der Waals surface area contributed by atoms with Crippen molar-refractivity contribution in [3.63, 3.8) is 0 Å². The first-order chi connectivity index (χ1) is 9.28. The molecule has 0 spiro atoms. The van der Waals surface area contributed by atoms with Crippen molar-refractivity contribution in [2.24, 2.45) is 11.8 Å². The van der Waals surface area contributed by atoms with Crippen LogP contribution in [0.25, 0.3) is 0 Å². The van der Waals surface area contributed by atoms with Gasteiger partial charge in [0.15, 0.2) is 0 Å². The molecule has 0 aromatic rings. The van der Waals surface area contributed by atoms with E-state index in [-0.39, 0.29) is 0 Å². The molecule has 0 N–H and O–H groups in total. The van der Waals surface area contributed by atoms with Crippen LogP contribution in [0.3, 0.4) is 0 Å². The van der Waals surface area contributed by atoms with E-state index in [1.807, 2.05) is 0 Å². The topological polar surface area (TPSA) is 18.5 Å². The standard InChI is InChI=1S/2C8H17O.Bi/c2*1-3-5-6-8(4-2)7-9;/h2*8H,3-7H2,1-2H3;/q2*-1;+3. The number of unbranched alkanes of at least 4 members (excludes halogenated alkanes) is 2. The molecule has 0 fully saturated rings. The third kappa shape index (κ3) is 12.3. The molecule has 0 aliphatic heterocycles. The third-order valence-electron chi connectivity index (χ3n) is 3.81. The van der Waals surface area contributed by atoms with Crippen molar-refractivity contribution in [1.82, 2.24) is 0 Å². The molecule has 0 aromatic heterocycles. The summed E-state index contributed by atoms with van der Waals surface area (Å²) in [5, 5.41) is 0. The molecule has 0 aliphatic rings. The van der Waals surface area contributed by atoms with E-state index in [0.717, 1.165) is 25.0 Å². The number of hydrogen-bond acceptors (Lipinski definition) is 2. The molecule has 0 saturated heterocycles. The zero-order valence-corrected chi connectivity index (χ0v) is 17.0. The Hall–Kier alpha value is 0.803. The van der Waals surface area contributed by atoms with Crippen LogP contribution in [0.1, 0.15) is 79.1 Å². The summed E-state index contributed by atoms with van der Waals surface area (Å²) >= 11 is -1.10. The van der Waals surface area contributed by atoms with Crippen molar-refractivity contribution in [2.75, 3.05) is 13.2 Å². The molecule has 0 aliphatic carbocycles. The third-order valence-corrected chi connectivity index (χ3v) is 5.79. The maximum atomic E-state index is 5.84. The van der Waals surface area contributed by atoms with Crippen molar-refractivity contribution >= 4 is 24.1 Å². The molecule has 0 heterocycles. The van der Waals surface area contributed by atoms with Crippen molar-refractivity contribution in [3.8, 4) is 0 Å². The minimum atomic E-state index is -1.10. The van der Waals surface area contributed by atoms with Gasteiger partial charge in [0.05, 0.1) is 0 Å². The summed E-state index contributed by atoms with van der Waals surface area (Å²) in [6, 6.07) is 0. The van der Waals surface area contributed by atoms with Gasteiger partial charge >= 0.3 is 134 Å². The fraction of sp³-hybridized carbons (Fsp3) is 1.00. The molecule has 3 heteroatoms. The van der Waals surface area contributed by atoms with Gasteiger partial charge in [0.1, 0.15) is 0 Å². The molecular formula is C16H34BiO2+. The second-order valence-electron chi connectivity index (χ2n) is 5.50. The Balaban J connectivity index is 3.50. The molecular weight excluding hydrogens is 433 g/mol. The summed E-state index contributed by atoms with van der Waals surface area (Å²) in [5.41, 5.74) is 0. The summed E-state index contributed by atoms with van der Waals surface area (Å²) in [7, 11) is 0. The molecule has 0 bridgehead atoms. The van der Waals surface area contributed by atoms with Gasteiger partial charge in [-0.3, -0.25) is 0 Å². The van der Waals surface area contributed by atoms with Gasteiger partial charge < -0.3 is 0 Å². The molecule has 2 unspecified atom stereocenters. The summed E-state index contributed by atoms with van der Waals surface area (Å²) in [6.45, 7) is 11.0. The van der Waals surface area contributed by atoms with E-state index in [0.29, 0.717) is 0 Å². The Bertz CT molecular complexity index is 158. The van der Waals surface area contributed by atoms with E-state index in [2.05, 4.69) is 27.7 Å². The van der Waals surface area contributed by atoms with E-state index < -0.39 is 24.1 Å². The van der Waals surface area contributed by atoms with Gasteiger partial charge in [0.2, 0.25) is 0 Å². The van der Waals surface area contributed by atoms with Crippen molar-refractivity contribution in [1.29, 1.82) is 0 Å². The zero-order chi connectivity index (χ0) is 14.3. The van der Waals surface area contributed by atoms with Crippen LogP contribution in [0.5, 0.6) is 0 Å². The van der Waals surface area contributed by atoms with Crippen molar-refractivity contribution < 1.29 is 5.63 Å². The van der Waals surface area contributed by atoms with Crippen LogP contribution in [-0.4, -0.2) is 37.3 Å². The molecule has 0 aromatic carbocycles. The predicted molar refractivity (Wildman–Crippen MR) is 84.3 cm³/mol. The Morgan fingerprint density at radius 1 is 0.737 bits per heavy atom. The SMILES string of the molecule is CCCCC(CC)C[O][Bi+][O]CC(CC)CCCC. The van der Waals surface area contributed by atoms with Crippen LogP contribution in [0.2, 0.25) is 0 Å². The van der Waals surface area contributed by atoms with E-state index in [1.54, 1.807) is 0 Å². The summed E-state index contributed by atoms with van der Waals surface area (Å²) < 4.78 is 11.7. The summed E-state index contributed by atoms with van der Waals surface area (Å²) in [6.07, 6.45) is 10.4. The van der Waals surface area contributed by atoms with Crippen LogP contribution < -0.4 is 0 Å². The normalized spacial score (nSPS) is 14.5. The quantitative estimate of drug-likeness (QED) is 0.265. The fourth-order valence-corrected chi connectivity index (χ4v) is 4.51. The molecule has 0 rings (SSSR count). The van der Waals surface area contributed by atoms with Gasteiger partial charge in [-0.2, -0.15) is 0 Å². The minimum absolute atomic E-state index is 0.759. The van der Waals surface area contributed by atoms with Crippen LogP contribution in [0.15, 0.2) is 0 Å². The molecule has 2 atom stereocenters. The van der Waals surface area contributed by atoms with Crippen LogP contribution in [-0.2, 0) is 5.63 Å². The van der Waals surface area contributed by atoms with E-state index in [4.69, 9.17) is 5.63 Å². The maximum absolute atomic E-state index is 5.84. The zero-order valence-electron chi connectivity index (χ0n) is 13.5. The number of hydrogen-bond donors (Lipinski definition) is 0. The van der Waals surface area contributed by atoms with Crippen LogP contribution in [0, 0.1) is 11.8 Å². The number of rotatable bonds is 14. The Labute approximate surface area is 133 Å².